The van der Waals surface area contributed by atoms with Crippen molar-refractivity contribution in [3.63, 3.8) is 0 Å². The zero-order chi connectivity index (χ0) is 26.9. The molecule has 9 nitrogen and oxygen atoms in total. The number of methoxy groups -OCH3 is 2. The fraction of sp³-hybridized carbons (Fsp3) is 0.276. The van der Waals surface area contributed by atoms with Gasteiger partial charge < -0.3 is 28.4 Å². The number of rotatable bonds is 10. The van der Waals surface area contributed by atoms with E-state index in [1.54, 1.807) is 91.0 Å². The van der Waals surface area contributed by atoms with E-state index in [4.69, 9.17) is 28.4 Å². The normalized spacial score (nSPS) is 21.3. The van der Waals surface area contributed by atoms with Gasteiger partial charge in [-0.25, -0.2) is 14.4 Å². The molecule has 0 amide bonds. The van der Waals surface area contributed by atoms with Crippen molar-refractivity contribution in [2.45, 2.75) is 30.7 Å². The van der Waals surface area contributed by atoms with Crippen molar-refractivity contribution >= 4 is 17.9 Å². The van der Waals surface area contributed by atoms with Gasteiger partial charge in [0.15, 0.2) is 18.5 Å². The number of ether oxygens (including phenoxy) is 6. The van der Waals surface area contributed by atoms with Crippen LogP contribution >= 0.6 is 0 Å². The van der Waals surface area contributed by atoms with Crippen molar-refractivity contribution in [2.75, 3.05) is 20.8 Å². The summed E-state index contributed by atoms with van der Waals surface area (Å²) in [6, 6.07) is 25.2. The van der Waals surface area contributed by atoms with Crippen molar-refractivity contribution in [2.24, 2.45) is 0 Å². The third-order valence-electron chi connectivity index (χ3n) is 6.00. The molecule has 3 aromatic rings. The summed E-state index contributed by atoms with van der Waals surface area (Å²) in [6.07, 6.45) is -5.22. The van der Waals surface area contributed by atoms with Crippen LogP contribution in [0, 0.1) is 0 Å². The molecule has 3 aromatic carbocycles. The summed E-state index contributed by atoms with van der Waals surface area (Å²) in [5.41, 5.74) is 0.968. The Morgan fingerprint density at radius 2 is 1.13 bits per heavy atom. The van der Waals surface area contributed by atoms with Gasteiger partial charge in [-0.05, 0) is 36.4 Å². The van der Waals surface area contributed by atoms with Crippen LogP contribution in [0.15, 0.2) is 91.0 Å². The van der Waals surface area contributed by atoms with Gasteiger partial charge in [-0.1, -0.05) is 54.6 Å². The fourth-order valence-electron chi connectivity index (χ4n) is 4.04. The van der Waals surface area contributed by atoms with E-state index in [2.05, 4.69) is 0 Å². The predicted octanol–water partition coefficient (Wildman–Crippen LogP) is 3.68. The average Bonchev–Trinajstić information content (AvgIpc) is 3.30. The van der Waals surface area contributed by atoms with Gasteiger partial charge in [-0.3, -0.25) is 0 Å². The molecule has 1 aliphatic heterocycles. The van der Waals surface area contributed by atoms with Crippen LogP contribution in [0.1, 0.15) is 31.1 Å². The van der Waals surface area contributed by atoms with E-state index in [1.165, 1.54) is 14.2 Å². The standard InChI is InChI=1S/C29H28O9/c1-33-22(18-35-26(30)19-12-6-3-7-13-19)23-24(36-27(31)20-14-8-4-9-15-20)25(29(34-2)38-23)37-28(32)21-16-10-5-11-17-21/h3-17,22-25,29H,18H2,1-2H3/t22-,23+,24+,25-,29+/m1/s1. The van der Waals surface area contributed by atoms with Gasteiger partial charge in [0.1, 0.15) is 18.8 Å². The van der Waals surface area contributed by atoms with E-state index in [0.29, 0.717) is 16.7 Å². The highest BCUT2D eigenvalue weighted by molar-refractivity contribution is 5.90. The molecule has 0 radical (unpaired) electrons. The van der Waals surface area contributed by atoms with Gasteiger partial charge in [-0.2, -0.15) is 0 Å². The first-order valence-electron chi connectivity index (χ1n) is 12.0. The lowest BCUT2D eigenvalue weighted by atomic mass is 10.0. The quantitative estimate of drug-likeness (QED) is 0.292. The zero-order valence-electron chi connectivity index (χ0n) is 20.9. The van der Waals surface area contributed by atoms with Crippen molar-refractivity contribution in [1.82, 2.24) is 0 Å². The van der Waals surface area contributed by atoms with Gasteiger partial charge in [-0.15, -0.1) is 0 Å². The Hall–Kier alpha value is -4.05. The highest BCUT2D eigenvalue weighted by Crippen LogP contribution is 2.32. The van der Waals surface area contributed by atoms with E-state index >= 15 is 0 Å². The van der Waals surface area contributed by atoms with Crippen molar-refractivity contribution in [1.29, 1.82) is 0 Å². The Morgan fingerprint density at radius 3 is 1.58 bits per heavy atom. The molecule has 0 aromatic heterocycles. The monoisotopic (exact) mass is 520 g/mol. The summed E-state index contributed by atoms with van der Waals surface area (Å²) in [7, 11) is 2.79. The average molecular weight is 521 g/mol. The maximum absolute atomic E-state index is 13.0. The third-order valence-corrected chi connectivity index (χ3v) is 6.00. The molecule has 198 valence electrons. The van der Waals surface area contributed by atoms with Crippen LogP contribution in [-0.4, -0.2) is 69.4 Å². The fourth-order valence-corrected chi connectivity index (χ4v) is 4.04. The number of carbonyl (C=O) groups is 3. The van der Waals surface area contributed by atoms with Crippen LogP contribution in [0.2, 0.25) is 0 Å². The molecule has 0 aliphatic carbocycles. The zero-order valence-corrected chi connectivity index (χ0v) is 20.9. The van der Waals surface area contributed by atoms with E-state index in [1.807, 2.05) is 0 Å². The van der Waals surface area contributed by atoms with Gasteiger partial charge >= 0.3 is 17.9 Å². The number of hydrogen-bond donors (Lipinski definition) is 0. The highest BCUT2D eigenvalue weighted by Gasteiger charge is 2.53. The Bertz CT molecular complexity index is 1200. The molecular weight excluding hydrogens is 492 g/mol. The van der Waals surface area contributed by atoms with E-state index in [9.17, 15) is 14.4 Å². The van der Waals surface area contributed by atoms with Crippen LogP contribution in [0.25, 0.3) is 0 Å². The molecule has 0 bridgehead atoms. The van der Waals surface area contributed by atoms with E-state index in [0.717, 1.165) is 0 Å². The van der Waals surface area contributed by atoms with Crippen LogP contribution < -0.4 is 0 Å². The summed E-state index contributed by atoms with van der Waals surface area (Å²) in [5, 5.41) is 0. The van der Waals surface area contributed by atoms with Crippen molar-refractivity contribution in [3.05, 3.63) is 108 Å². The number of benzene rings is 3. The van der Waals surface area contributed by atoms with Crippen LogP contribution in [0.4, 0.5) is 0 Å². The summed E-state index contributed by atoms with van der Waals surface area (Å²) in [4.78, 5) is 38.4. The topological polar surface area (TPSA) is 107 Å². The largest absolute Gasteiger partial charge is 0.459 e. The maximum atomic E-state index is 13.0. The SMILES string of the molecule is CO[C@H]1O[C@@H]([C@@H](COC(=O)c2ccccc2)OC)[C@H](OC(=O)c2ccccc2)[C@H]1OC(=O)c1ccccc1. The molecule has 0 unspecified atom stereocenters. The Labute approximate surface area is 220 Å². The lowest BCUT2D eigenvalue weighted by Gasteiger charge is -2.27. The third kappa shape index (κ3) is 6.44. The Kier molecular flexibility index (Phi) is 9.21. The number of hydrogen-bond acceptors (Lipinski definition) is 9. The molecule has 4 rings (SSSR count). The summed E-state index contributed by atoms with van der Waals surface area (Å²) < 4.78 is 34.0. The minimum atomic E-state index is -1.14. The summed E-state index contributed by atoms with van der Waals surface area (Å²) in [5.74, 6) is -1.86. The lowest BCUT2D eigenvalue weighted by molar-refractivity contribution is -0.171. The van der Waals surface area contributed by atoms with Gasteiger partial charge in [0.05, 0.1) is 16.7 Å². The second-order valence-electron chi connectivity index (χ2n) is 8.42. The van der Waals surface area contributed by atoms with Crippen molar-refractivity contribution in [3.8, 4) is 0 Å². The number of esters is 3. The molecule has 1 aliphatic rings. The molecule has 38 heavy (non-hydrogen) atoms. The summed E-state index contributed by atoms with van der Waals surface area (Å²) >= 11 is 0. The minimum absolute atomic E-state index is 0.218. The second-order valence-corrected chi connectivity index (χ2v) is 8.42. The minimum Gasteiger partial charge on any atom is -0.459 e. The maximum Gasteiger partial charge on any atom is 0.338 e. The molecule has 1 heterocycles. The smallest absolute Gasteiger partial charge is 0.338 e. The first-order valence-corrected chi connectivity index (χ1v) is 12.0. The Morgan fingerprint density at radius 1 is 0.684 bits per heavy atom. The molecule has 0 spiro atoms. The predicted molar refractivity (Wildman–Crippen MR) is 134 cm³/mol. The molecule has 1 fully saturated rings. The molecule has 0 saturated carbocycles. The van der Waals surface area contributed by atoms with Crippen LogP contribution in [0.3, 0.4) is 0 Å². The lowest BCUT2D eigenvalue weighted by Crippen LogP contribution is -2.46. The number of carbonyl (C=O) groups excluding carboxylic acids is 3. The van der Waals surface area contributed by atoms with Crippen LogP contribution in [0.5, 0.6) is 0 Å². The first kappa shape index (κ1) is 27.0. The molecule has 1 saturated heterocycles. The Balaban J connectivity index is 1.57. The van der Waals surface area contributed by atoms with Crippen LogP contribution in [-0.2, 0) is 28.4 Å². The molecule has 5 atom stereocenters. The van der Waals surface area contributed by atoms with Gasteiger partial charge in [0.25, 0.3) is 0 Å². The summed E-state index contributed by atoms with van der Waals surface area (Å²) in [6.45, 7) is -0.218. The molecular formula is C29H28O9. The van der Waals surface area contributed by atoms with E-state index in [-0.39, 0.29) is 6.61 Å². The van der Waals surface area contributed by atoms with E-state index < -0.39 is 48.6 Å². The van der Waals surface area contributed by atoms with Gasteiger partial charge in [0, 0.05) is 14.2 Å². The van der Waals surface area contributed by atoms with Crippen molar-refractivity contribution < 1.29 is 42.8 Å². The van der Waals surface area contributed by atoms with Gasteiger partial charge in [0.2, 0.25) is 0 Å². The molecule has 0 N–H and O–H groups in total. The highest BCUT2D eigenvalue weighted by atomic mass is 16.7. The molecule has 9 heteroatoms. The second kappa shape index (κ2) is 13.0. The first-order chi connectivity index (χ1) is 18.5.